The Morgan fingerprint density at radius 1 is 1.00 bits per heavy atom. The molecule has 0 bridgehead atoms. The van der Waals surface area contributed by atoms with Gasteiger partial charge in [-0.05, 0) is 74.7 Å². The fraction of sp³-hybridized carbons (Fsp3) is 0.458. The zero-order chi connectivity index (χ0) is 20.1. The van der Waals surface area contributed by atoms with Crippen LogP contribution in [-0.2, 0) is 10.2 Å². The van der Waals surface area contributed by atoms with Crippen molar-refractivity contribution >= 4 is 23.2 Å². The molecule has 4 rings (SSSR count). The molecule has 5 heteroatoms. The highest BCUT2D eigenvalue weighted by atomic mass is 35.5. The van der Waals surface area contributed by atoms with Crippen LogP contribution in [0, 0.1) is 0 Å². The molecule has 1 amide bonds. The van der Waals surface area contributed by atoms with Crippen molar-refractivity contribution in [3.05, 3.63) is 59.1 Å². The number of rotatable bonds is 7. The molecule has 1 aliphatic carbocycles. The standard InChI is InChI=1S/C24H29ClN2O2/c25-22-8-2-1-7-21(22)24(13-3-4-14-24)23(28)26-19-9-11-20(12-10-19)29-18-17-27-15-5-6-16-27/h1-2,7-12H,3-6,13-18H2,(H,26,28). The van der Waals surface area contributed by atoms with Crippen LogP contribution in [0.3, 0.4) is 0 Å². The number of amides is 1. The lowest BCUT2D eigenvalue weighted by atomic mass is 9.78. The predicted molar refractivity (Wildman–Crippen MR) is 118 cm³/mol. The minimum atomic E-state index is -0.538. The Labute approximate surface area is 178 Å². The van der Waals surface area contributed by atoms with Gasteiger partial charge in [-0.2, -0.15) is 0 Å². The molecule has 0 aromatic heterocycles. The number of hydrogen-bond donors (Lipinski definition) is 1. The molecule has 29 heavy (non-hydrogen) atoms. The number of hydrogen-bond acceptors (Lipinski definition) is 3. The van der Waals surface area contributed by atoms with Crippen LogP contribution in [0.25, 0.3) is 0 Å². The highest BCUT2D eigenvalue weighted by Gasteiger charge is 2.43. The van der Waals surface area contributed by atoms with Crippen molar-refractivity contribution in [2.45, 2.75) is 43.9 Å². The molecule has 1 N–H and O–H groups in total. The molecular weight excluding hydrogens is 384 g/mol. The van der Waals surface area contributed by atoms with E-state index in [4.69, 9.17) is 16.3 Å². The first-order valence-corrected chi connectivity index (χ1v) is 11.1. The van der Waals surface area contributed by atoms with Crippen LogP contribution in [0.4, 0.5) is 5.69 Å². The van der Waals surface area contributed by atoms with E-state index in [9.17, 15) is 4.79 Å². The maximum atomic E-state index is 13.3. The van der Waals surface area contributed by atoms with Crippen LogP contribution in [0.15, 0.2) is 48.5 Å². The van der Waals surface area contributed by atoms with Gasteiger partial charge in [-0.1, -0.05) is 42.6 Å². The predicted octanol–water partition coefficient (Wildman–Crippen LogP) is 5.27. The van der Waals surface area contributed by atoms with Gasteiger partial charge in [-0.25, -0.2) is 0 Å². The number of likely N-dealkylation sites (tertiary alicyclic amines) is 1. The summed E-state index contributed by atoms with van der Waals surface area (Å²) >= 11 is 6.46. The van der Waals surface area contributed by atoms with Gasteiger partial charge in [0.1, 0.15) is 12.4 Å². The normalized spacial score (nSPS) is 18.7. The van der Waals surface area contributed by atoms with E-state index in [-0.39, 0.29) is 5.91 Å². The maximum absolute atomic E-state index is 13.3. The van der Waals surface area contributed by atoms with E-state index in [0.717, 1.165) is 49.2 Å². The summed E-state index contributed by atoms with van der Waals surface area (Å²) in [5.41, 5.74) is 1.20. The van der Waals surface area contributed by atoms with Crippen molar-refractivity contribution < 1.29 is 9.53 Å². The third-order valence-electron chi connectivity index (χ3n) is 6.27. The first-order valence-electron chi connectivity index (χ1n) is 10.7. The van der Waals surface area contributed by atoms with E-state index in [1.54, 1.807) is 0 Å². The van der Waals surface area contributed by atoms with Gasteiger partial charge in [0, 0.05) is 17.3 Å². The number of benzene rings is 2. The minimum Gasteiger partial charge on any atom is -0.492 e. The Bertz CT molecular complexity index is 825. The molecule has 1 aliphatic heterocycles. The van der Waals surface area contributed by atoms with Crippen LogP contribution in [0.2, 0.25) is 5.02 Å². The fourth-order valence-electron chi connectivity index (χ4n) is 4.63. The Morgan fingerprint density at radius 2 is 1.69 bits per heavy atom. The highest BCUT2D eigenvalue weighted by Crippen LogP contribution is 2.44. The third kappa shape index (κ3) is 4.59. The molecule has 2 fully saturated rings. The van der Waals surface area contributed by atoms with Crippen molar-refractivity contribution in [2.75, 3.05) is 31.6 Å². The zero-order valence-corrected chi connectivity index (χ0v) is 17.6. The molecular formula is C24H29ClN2O2. The number of halogens is 1. The second-order valence-corrected chi connectivity index (χ2v) is 8.55. The number of nitrogens with zero attached hydrogens (tertiary/aromatic N) is 1. The van der Waals surface area contributed by atoms with Crippen molar-refractivity contribution in [3.63, 3.8) is 0 Å². The molecule has 4 nitrogen and oxygen atoms in total. The molecule has 1 heterocycles. The molecule has 1 saturated heterocycles. The van der Waals surface area contributed by atoms with Gasteiger partial charge in [0.25, 0.3) is 0 Å². The Balaban J connectivity index is 1.38. The monoisotopic (exact) mass is 412 g/mol. The summed E-state index contributed by atoms with van der Waals surface area (Å²) in [5.74, 6) is 0.870. The molecule has 2 aromatic rings. The van der Waals surface area contributed by atoms with Gasteiger partial charge in [0.2, 0.25) is 5.91 Å². The lowest BCUT2D eigenvalue weighted by Crippen LogP contribution is -2.38. The fourth-order valence-corrected chi connectivity index (χ4v) is 4.95. The molecule has 2 aliphatic rings. The summed E-state index contributed by atoms with van der Waals surface area (Å²) < 4.78 is 5.86. The number of anilines is 1. The Kier molecular flexibility index (Phi) is 6.41. The van der Waals surface area contributed by atoms with Crippen LogP contribution in [-0.4, -0.2) is 37.0 Å². The molecule has 0 unspecified atom stereocenters. The number of nitrogens with one attached hydrogen (secondary N) is 1. The van der Waals surface area contributed by atoms with Gasteiger partial charge in [-0.15, -0.1) is 0 Å². The number of carbonyl (C=O) groups excluding carboxylic acids is 1. The van der Waals surface area contributed by atoms with E-state index in [0.29, 0.717) is 11.6 Å². The highest BCUT2D eigenvalue weighted by molar-refractivity contribution is 6.31. The summed E-state index contributed by atoms with van der Waals surface area (Å²) in [5, 5.41) is 3.79. The van der Waals surface area contributed by atoms with Gasteiger partial charge in [0.15, 0.2) is 0 Å². The second kappa shape index (κ2) is 9.19. The lowest BCUT2D eigenvalue weighted by molar-refractivity contribution is -0.121. The van der Waals surface area contributed by atoms with E-state index in [1.807, 2.05) is 48.5 Å². The molecule has 154 valence electrons. The van der Waals surface area contributed by atoms with E-state index < -0.39 is 5.41 Å². The van der Waals surface area contributed by atoms with E-state index in [1.165, 1.54) is 25.9 Å². The average molecular weight is 413 g/mol. The Hall–Kier alpha value is -2.04. The van der Waals surface area contributed by atoms with Crippen LogP contribution in [0.5, 0.6) is 5.75 Å². The third-order valence-corrected chi connectivity index (χ3v) is 6.60. The molecule has 2 aromatic carbocycles. The van der Waals surface area contributed by atoms with Gasteiger partial charge >= 0.3 is 0 Å². The number of ether oxygens (including phenoxy) is 1. The lowest BCUT2D eigenvalue weighted by Gasteiger charge is -2.29. The minimum absolute atomic E-state index is 0.0331. The van der Waals surface area contributed by atoms with Crippen molar-refractivity contribution in [1.82, 2.24) is 4.90 Å². The van der Waals surface area contributed by atoms with Gasteiger partial charge in [0.05, 0.1) is 5.41 Å². The summed E-state index contributed by atoms with van der Waals surface area (Å²) in [6.45, 7) is 4.03. The molecule has 0 atom stereocenters. The summed E-state index contributed by atoms with van der Waals surface area (Å²) in [6.07, 6.45) is 6.35. The second-order valence-electron chi connectivity index (χ2n) is 8.14. The first kappa shape index (κ1) is 20.2. The summed E-state index contributed by atoms with van der Waals surface area (Å²) in [7, 11) is 0. The largest absolute Gasteiger partial charge is 0.492 e. The van der Waals surface area contributed by atoms with E-state index in [2.05, 4.69) is 10.2 Å². The van der Waals surface area contributed by atoms with Crippen LogP contribution >= 0.6 is 11.6 Å². The molecule has 1 saturated carbocycles. The average Bonchev–Trinajstić information content (AvgIpc) is 3.42. The van der Waals surface area contributed by atoms with Crippen molar-refractivity contribution in [3.8, 4) is 5.75 Å². The Morgan fingerprint density at radius 3 is 2.38 bits per heavy atom. The van der Waals surface area contributed by atoms with Crippen molar-refractivity contribution in [2.24, 2.45) is 0 Å². The quantitative estimate of drug-likeness (QED) is 0.673. The zero-order valence-electron chi connectivity index (χ0n) is 16.8. The van der Waals surface area contributed by atoms with Gasteiger partial charge in [-0.3, -0.25) is 9.69 Å². The SMILES string of the molecule is O=C(Nc1ccc(OCCN2CCCC2)cc1)C1(c2ccccc2Cl)CCCC1. The van der Waals surface area contributed by atoms with E-state index >= 15 is 0 Å². The van der Waals surface area contributed by atoms with Gasteiger partial charge < -0.3 is 10.1 Å². The molecule has 0 spiro atoms. The summed E-state index contributed by atoms with van der Waals surface area (Å²) in [4.78, 5) is 15.7. The van der Waals surface area contributed by atoms with Crippen molar-refractivity contribution in [1.29, 1.82) is 0 Å². The smallest absolute Gasteiger partial charge is 0.235 e. The first-order chi connectivity index (χ1) is 14.2. The number of carbonyl (C=O) groups is 1. The van der Waals surface area contributed by atoms with Crippen LogP contribution in [0.1, 0.15) is 44.1 Å². The van der Waals surface area contributed by atoms with Crippen LogP contribution < -0.4 is 10.1 Å². The topological polar surface area (TPSA) is 41.6 Å². The molecule has 0 radical (unpaired) electrons. The maximum Gasteiger partial charge on any atom is 0.235 e. The summed E-state index contributed by atoms with van der Waals surface area (Å²) in [6, 6.07) is 15.4.